The Balaban J connectivity index is 1.79. The van der Waals surface area contributed by atoms with Crippen molar-refractivity contribution in [2.75, 3.05) is 7.11 Å². The van der Waals surface area contributed by atoms with Gasteiger partial charge in [-0.15, -0.1) is 0 Å². The smallest absolute Gasteiger partial charge is 0.269 e. The van der Waals surface area contributed by atoms with Crippen LogP contribution in [0.15, 0.2) is 59.6 Å². The summed E-state index contributed by atoms with van der Waals surface area (Å²) < 4.78 is 12.4. The lowest BCUT2D eigenvalue weighted by atomic mass is 10.1. The topological polar surface area (TPSA) is 74.0 Å². The average molecular weight is 516 g/mol. The van der Waals surface area contributed by atoms with Crippen molar-refractivity contribution in [3.05, 3.63) is 90.5 Å². The van der Waals surface area contributed by atoms with Gasteiger partial charge in [0.25, 0.3) is 5.69 Å². The molecule has 0 amide bonds. The molecule has 3 aromatic carbocycles. The SMILES string of the molecule is COc1cc(C=Nc2cccc(C)c2C)cc(I)c1OCc1ccc([N+](=O)[O-])cc1. The Kier molecular flexibility index (Phi) is 7.04. The summed E-state index contributed by atoms with van der Waals surface area (Å²) in [6, 6.07) is 16.2. The molecular formula is C23H21IN2O4. The maximum atomic E-state index is 10.8. The van der Waals surface area contributed by atoms with E-state index in [1.165, 1.54) is 17.7 Å². The second-order valence-electron chi connectivity index (χ2n) is 6.72. The van der Waals surface area contributed by atoms with Crippen LogP contribution < -0.4 is 9.47 Å². The Morgan fingerprint density at radius 2 is 1.87 bits per heavy atom. The van der Waals surface area contributed by atoms with Gasteiger partial charge in [0.2, 0.25) is 0 Å². The fraction of sp³-hybridized carbons (Fsp3) is 0.174. The lowest BCUT2D eigenvalue weighted by molar-refractivity contribution is -0.384. The van der Waals surface area contributed by atoms with Crippen molar-refractivity contribution in [2.45, 2.75) is 20.5 Å². The average Bonchev–Trinajstić information content (AvgIpc) is 2.74. The molecule has 0 saturated carbocycles. The molecule has 0 heterocycles. The van der Waals surface area contributed by atoms with E-state index in [9.17, 15) is 10.1 Å². The molecule has 0 aliphatic carbocycles. The number of methoxy groups -OCH3 is 1. The van der Waals surface area contributed by atoms with Gasteiger partial charge in [0.05, 0.1) is 21.3 Å². The third kappa shape index (κ3) is 5.15. The van der Waals surface area contributed by atoms with Crippen LogP contribution in [0.25, 0.3) is 0 Å². The first kappa shape index (κ1) is 21.8. The van der Waals surface area contributed by atoms with E-state index in [0.717, 1.165) is 25.9 Å². The van der Waals surface area contributed by atoms with E-state index >= 15 is 0 Å². The highest BCUT2D eigenvalue weighted by Crippen LogP contribution is 2.34. The molecule has 30 heavy (non-hydrogen) atoms. The summed E-state index contributed by atoms with van der Waals surface area (Å²) in [5.41, 5.74) is 5.07. The van der Waals surface area contributed by atoms with E-state index in [4.69, 9.17) is 9.47 Å². The number of aryl methyl sites for hydroxylation is 1. The fourth-order valence-electron chi connectivity index (χ4n) is 2.84. The highest BCUT2D eigenvalue weighted by molar-refractivity contribution is 14.1. The van der Waals surface area contributed by atoms with E-state index in [-0.39, 0.29) is 12.3 Å². The minimum Gasteiger partial charge on any atom is -0.493 e. The number of hydrogen-bond acceptors (Lipinski definition) is 5. The van der Waals surface area contributed by atoms with E-state index in [1.54, 1.807) is 19.2 Å². The molecular weight excluding hydrogens is 495 g/mol. The molecule has 0 spiro atoms. The van der Waals surface area contributed by atoms with Crippen molar-refractivity contribution >= 4 is 40.2 Å². The van der Waals surface area contributed by atoms with Crippen LogP contribution >= 0.6 is 22.6 Å². The second-order valence-corrected chi connectivity index (χ2v) is 7.89. The fourth-order valence-corrected chi connectivity index (χ4v) is 3.62. The predicted molar refractivity (Wildman–Crippen MR) is 126 cm³/mol. The molecule has 0 aliphatic rings. The van der Waals surface area contributed by atoms with E-state index in [0.29, 0.717) is 11.5 Å². The summed E-state index contributed by atoms with van der Waals surface area (Å²) in [6.45, 7) is 4.40. The molecule has 3 aromatic rings. The van der Waals surface area contributed by atoms with E-state index < -0.39 is 4.92 Å². The minimum absolute atomic E-state index is 0.0541. The molecule has 154 valence electrons. The second kappa shape index (κ2) is 9.71. The number of nitro benzene ring substituents is 1. The normalized spacial score (nSPS) is 10.9. The van der Waals surface area contributed by atoms with Gasteiger partial charge in [-0.05, 0) is 89.0 Å². The molecule has 0 fully saturated rings. The van der Waals surface area contributed by atoms with Crippen molar-refractivity contribution in [1.29, 1.82) is 0 Å². The molecule has 6 nitrogen and oxygen atoms in total. The van der Waals surface area contributed by atoms with Crippen LogP contribution in [0.3, 0.4) is 0 Å². The number of aliphatic imine (C=N–C) groups is 1. The number of rotatable bonds is 7. The van der Waals surface area contributed by atoms with Gasteiger partial charge in [-0.2, -0.15) is 0 Å². The number of nitro groups is 1. The third-order valence-corrected chi connectivity index (χ3v) is 5.51. The number of non-ortho nitro benzene ring substituents is 1. The van der Waals surface area contributed by atoms with Crippen LogP contribution in [0.4, 0.5) is 11.4 Å². The summed E-state index contributed by atoms with van der Waals surface area (Å²) in [6.07, 6.45) is 1.81. The highest BCUT2D eigenvalue weighted by atomic mass is 127. The number of nitrogens with zero attached hydrogens (tertiary/aromatic N) is 2. The van der Waals surface area contributed by atoms with Gasteiger partial charge < -0.3 is 9.47 Å². The summed E-state index contributed by atoms with van der Waals surface area (Å²) in [5.74, 6) is 1.23. The summed E-state index contributed by atoms with van der Waals surface area (Å²) in [4.78, 5) is 15.0. The van der Waals surface area contributed by atoms with Crippen LogP contribution in [0, 0.1) is 27.5 Å². The van der Waals surface area contributed by atoms with Gasteiger partial charge >= 0.3 is 0 Å². The number of ether oxygens (including phenoxy) is 2. The maximum absolute atomic E-state index is 10.8. The van der Waals surface area contributed by atoms with Crippen molar-refractivity contribution in [2.24, 2.45) is 4.99 Å². The van der Waals surface area contributed by atoms with Gasteiger partial charge in [-0.25, -0.2) is 0 Å². The lowest BCUT2D eigenvalue weighted by Crippen LogP contribution is -2.01. The van der Waals surface area contributed by atoms with Gasteiger partial charge in [0.1, 0.15) is 6.61 Å². The predicted octanol–water partition coefficient (Wildman–Crippen LogP) is 6.15. The standard InChI is InChI=1S/C23H21IN2O4/c1-15-5-4-6-21(16(15)2)25-13-18-11-20(24)23(22(12-18)29-3)30-14-17-7-9-19(10-8-17)26(27)28/h4-13H,14H2,1-3H3. The minimum atomic E-state index is -0.421. The summed E-state index contributed by atoms with van der Waals surface area (Å²) in [7, 11) is 1.59. The first-order chi connectivity index (χ1) is 14.4. The van der Waals surface area contributed by atoms with Crippen LogP contribution in [-0.2, 0) is 6.61 Å². The summed E-state index contributed by atoms with van der Waals surface area (Å²) >= 11 is 2.20. The monoisotopic (exact) mass is 516 g/mol. The molecule has 0 N–H and O–H groups in total. The third-order valence-electron chi connectivity index (χ3n) is 4.71. The highest BCUT2D eigenvalue weighted by Gasteiger charge is 2.12. The van der Waals surface area contributed by atoms with E-state index in [1.807, 2.05) is 30.5 Å². The zero-order valence-electron chi connectivity index (χ0n) is 16.9. The van der Waals surface area contributed by atoms with Crippen molar-refractivity contribution in [3.8, 4) is 11.5 Å². The van der Waals surface area contributed by atoms with Crippen LogP contribution in [0.2, 0.25) is 0 Å². The van der Waals surface area contributed by atoms with Gasteiger partial charge in [0.15, 0.2) is 11.5 Å². The van der Waals surface area contributed by atoms with Crippen LogP contribution in [0.1, 0.15) is 22.3 Å². The number of benzene rings is 3. The van der Waals surface area contributed by atoms with E-state index in [2.05, 4.69) is 47.5 Å². The largest absolute Gasteiger partial charge is 0.493 e. The first-order valence-corrected chi connectivity index (χ1v) is 10.3. The Morgan fingerprint density at radius 1 is 1.13 bits per heavy atom. The number of hydrogen-bond donors (Lipinski definition) is 0. The van der Waals surface area contributed by atoms with Gasteiger partial charge in [-0.3, -0.25) is 15.1 Å². The quantitative estimate of drug-likeness (QED) is 0.163. The Bertz CT molecular complexity index is 1100. The Labute approximate surface area is 188 Å². The molecule has 0 bridgehead atoms. The van der Waals surface area contributed by atoms with Crippen molar-refractivity contribution in [1.82, 2.24) is 0 Å². The molecule has 3 rings (SSSR count). The lowest BCUT2D eigenvalue weighted by Gasteiger charge is -2.13. The zero-order valence-corrected chi connectivity index (χ0v) is 19.0. The van der Waals surface area contributed by atoms with Crippen molar-refractivity contribution < 1.29 is 14.4 Å². The molecule has 0 aliphatic heterocycles. The Morgan fingerprint density at radius 3 is 2.53 bits per heavy atom. The maximum Gasteiger partial charge on any atom is 0.269 e. The zero-order chi connectivity index (χ0) is 21.7. The molecule has 0 radical (unpaired) electrons. The molecule has 7 heteroatoms. The van der Waals surface area contributed by atoms with Crippen LogP contribution in [-0.4, -0.2) is 18.2 Å². The molecule has 0 saturated heterocycles. The van der Waals surface area contributed by atoms with Gasteiger partial charge in [-0.1, -0.05) is 12.1 Å². The first-order valence-electron chi connectivity index (χ1n) is 9.23. The van der Waals surface area contributed by atoms with Crippen LogP contribution in [0.5, 0.6) is 11.5 Å². The molecule has 0 atom stereocenters. The Hall–Kier alpha value is -2.94. The van der Waals surface area contributed by atoms with Gasteiger partial charge in [0, 0.05) is 18.3 Å². The number of halogens is 1. The van der Waals surface area contributed by atoms with Crippen molar-refractivity contribution in [3.63, 3.8) is 0 Å². The molecule has 0 aromatic heterocycles. The molecule has 0 unspecified atom stereocenters. The summed E-state index contributed by atoms with van der Waals surface area (Å²) in [5, 5.41) is 10.8.